The molecule has 2 aromatic carbocycles. The fourth-order valence-electron chi connectivity index (χ4n) is 1.58. The number of nitro groups is 1. The monoisotopic (exact) mass is 338 g/mol. The van der Waals surface area contributed by atoms with Crippen LogP contribution in [0.4, 0.5) is 15.8 Å². The van der Waals surface area contributed by atoms with Crippen molar-refractivity contribution in [2.45, 2.75) is 0 Å². The van der Waals surface area contributed by atoms with Crippen molar-refractivity contribution in [1.82, 2.24) is 0 Å². The summed E-state index contributed by atoms with van der Waals surface area (Å²) in [5.41, 5.74) is 0.117. The van der Waals surface area contributed by atoms with Gasteiger partial charge in [-0.2, -0.15) is 0 Å². The zero-order valence-electron chi connectivity index (χ0n) is 9.97. The summed E-state index contributed by atoms with van der Waals surface area (Å²) < 4.78 is 13.7. The molecule has 1 N–H and O–H groups in total. The van der Waals surface area contributed by atoms with E-state index in [2.05, 4.69) is 21.2 Å². The molecular formula is C13H8BrFN2O3. The Hall–Kier alpha value is -2.28. The highest BCUT2D eigenvalue weighted by Crippen LogP contribution is 2.27. The van der Waals surface area contributed by atoms with Crippen molar-refractivity contribution >= 4 is 33.2 Å². The lowest BCUT2D eigenvalue weighted by Gasteiger charge is -2.06. The number of carbonyl (C=O) groups is 1. The third-order valence-electron chi connectivity index (χ3n) is 2.52. The number of anilines is 1. The van der Waals surface area contributed by atoms with E-state index < -0.39 is 16.6 Å². The van der Waals surface area contributed by atoms with Gasteiger partial charge in [-0.25, -0.2) is 4.39 Å². The average Bonchev–Trinajstić information content (AvgIpc) is 2.38. The summed E-state index contributed by atoms with van der Waals surface area (Å²) in [6, 6.07) is 9.57. The fraction of sp³-hybridized carbons (Fsp3) is 0. The molecule has 0 saturated carbocycles. The van der Waals surface area contributed by atoms with E-state index in [9.17, 15) is 19.3 Å². The third-order valence-corrected chi connectivity index (χ3v) is 3.16. The molecule has 0 saturated heterocycles. The van der Waals surface area contributed by atoms with Gasteiger partial charge in [-0.3, -0.25) is 14.9 Å². The van der Waals surface area contributed by atoms with E-state index in [-0.39, 0.29) is 15.7 Å². The molecular weight excluding hydrogens is 331 g/mol. The molecule has 0 aliphatic rings. The van der Waals surface area contributed by atoms with Crippen molar-refractivity contribution < 1.29 is 14.1 Å². The van der Waals surface area contributed by atoms with Gasteiger partial charge >= 0.3 is 0 Å². The number of carbonyl (C=O) groups excluding carboxylic acids is 1. The maximum absolute atomic E-state index is 13.4. The van der Waals surface area contributed by atoms with E-state index in [0.717, 1.165) is 0 Å². The molecule has 0 spiro atoms. The molecule has 1 amide bonds. The molecule has 0 aromatic heterocycles. The van der Waals surface area contributed by atoms with Crippen LogP contribution in [0.2, 0.25) is 0 Å². The van der Waals surface area contributed by atoms with Crippen LogP contribution in [0.15, 0.2) is 46.9 Å². The van der Waals surface area contributed by atoms with Crippen LogP contribution in [0.1, 0.15) is 10.4 Å². The number of halogens is 2. The van der Waals surface area contributed by atoms with Gasteiger partial charge in [-0.15, -0.1) is 0 Å². The van der Waals surface area contributed by atoms with Crippen LogP contribution in [0.5, 0.6) is 0 Å². The molecule has 0 atom stereocenters. The summed E-state index contributed by atoms with van der Waals surface area (Å²) in [5.74, 6) is -1.25. The predicted octanol–water partition coefficient (Wildman–Crippen LogP) is 3.75. The van der Waals surface area contributed by atoms with E-state index in [4.69, 9.17) is 0 Å². The Kier molecular flexibility index (Phi) is 4.09. The number of nitrogens with zero attached hydrogens (tertiary/aromatic N) is 1. The number of benzene rings is 2. The van der Waals surface area contributed by atoms with Crippen molar-refractivity contribution in [3.05, 3.63) is 68.4 Å². The van der Waals surface area contributed by atoms with Crippen molar-refractivity contribution in [2.24, 2.45) is 0 Å². The molecule has 5 nitrogen and oxygen atoms in total. The lowest BCUT2D eigenvalue weighted by molar-refractivity contribution is -0.385. The first-order chi connectivity index (χ1) is 9.49. The molecule has 0 unspecified atom stereocenters. The number of nitro benzene ring substituents is 1. The van der Waals surface area contributed by atoms with Crippen LogP contribution in [-0.2, 0) is 0 Å². The van der Waals surface area contributed by atoms with Crippen LogP contribution >= 0.6 is 15.9 Å². The van der Waals surface area contributed by atoms with Crippen LogP contribution in [-0.4, -0.2) is 10.8 Å². The number of nitrogens with one attached hydrogen (secondary N) is 1. The van der Waals surface area contributed by atoms with E-state index in [0.29, 0.717) is 5.69 Å². The molecule has 2 rings (SSSR count). The Morgan fingerprint density at radius 2 is 1.95 bits per heavy atom. The number of amides is 1. The second-order valence-electron chi connectivity index (χ2n) is 3.86. The Morgan fingerprint density at radius 1 is 1.25 bits per heavy atom. The normalized spacial score (nSPS) is 10.1. The van der Waals surface area contributed by atoms with Gasteiger partial charge in [0.1, 0.15) is 5.82 Å². The summed E-state index contributed by atoms with van der Waals surface area (Å²) in [7, 11) is 0. The molecule has 20 heavy (non-hydrogen) atoms. The highest BCUT2D eigenvalue weighted by atomic mass is 79.9. The van der Waals surface area contributed by atoms with E-state index in [1.54, 1.807) is 6.07 Å². The predicted molar refractivity (Wildman–Crippen MR) is 75.1 cm³/mol. The van der Waals surface area contributed by atoms with Crippen LogP contribution < -0.4 is 5.32 Å². The molecule has 102 valence electrons. The molecule has 0 bridgehead atoms. The fourth-order valence-corrected chi connectivity index (χ4v) is 2.10. The average molecular weight is 339 g/mol. The van der Waals surface area contributed by atoms with Crippen LogP contribution in [0.25, 0.3) is 0 Å². The lowest BCUT2D eigenvalue weighted by atomic mass is 10.2. The standard InChI is InChI=1S/C13H8BrFN2O3/c14-10-7-8(5-6-12(10)17(19)20)16-13(18)9-3-1-2-4-11(9)15/h1-7H,(H,16,18). The maximum atomic E-state index is 13.4. The Morgan fingerprint density at radius 3 is 2.55 bits per heavy atom. The quantitative estimate of drug-likeness (QED) is 0.684. The zero-order chi connectivity index (χ0) is 14.7. The molecule has 0 fully saturated rings. The minimum atomic E-state index is -0.633. The van der Waals surface area contributed by atoms with Gasteiger partial charge in [-0.1, -0.05) is 12.1 Å². The van der Waals surface area contributed by atoms with Crippen molar-refractivity contribution in [2.75, 3.05) is 5.32 Å². The highest BCUT2D eigenvalue weighted by Gasteiger charge is 2.14. The van der Waals surface area contributed by atoms with Crippen molar-refractivity contribution in [3.63, 3.8) is 0 Å². The molecule has 7 heteroatoms. The molecule has 2 aromatic rings. The minimum absolute atomic E-state index is 0.0954. The number of hydrogen-bond acceptors (Lipinski definition) is 3. The molecule has 0 radical (unpaired) electrons. The first-order valence-corrected chi connectivity index (χ1v) is 6.28. The number of hydrogen-bond donors (Lipinski definition) is 1. The second-order valence-corrected chi connectivity index (χ2v) is 4.71. The van der Waals surface area contributed by atoms with Gasteiger partial charge in [0, 0.05) is 11.8 Å². The summed E-state index contributed by atoms with van der Waals surface area (Å²) in [6.45, 7) is 0. The summed E-state index contributed by atoms with van der Waals surface area (Å²) in [6.07, 6.45) is 0. The zero-order valence-corrected chi connectivity index (χ0v) is 11.6. The maximum Gasteiger partial charge on any atom is 0.283 e. The van der Waals surface area contributed by atoms with Gasteiger partial charge in [-0.05, 0) is 40.2 Å². The van der Waals surface area contributed by atoms with Gasteiger partial charge < -0.3 is 5.32 Å². The van der Waals surface area contributed by atoms with Gasteiger partial charge in [0.15, 0.2) is 0 Å². The Balaban J connectivity index is 2.23. The van der Waals surface area contributed by atoms with Gasteiger partial charge in [0.25, 0.3) is 11.6 Å². The largest absolute Gasteiger partial charge is 0.322 e. The van der Waals surface area contributed by atoms with E-state index in [1.807, 2.05) is 0 Å². The van der Waals surface area contributed by atoms with E-state index in [1.165, 1.54) is 36.4 Å². The van der Waals surface area contributed by atoms with Gasteiger partial charge in [0.05, 0.1) is 15.0 Å². The van der Waals surface area contributed by atoms with Gasteiger partial charge in [0.2, 0.25) is 0 Å². The first kappa shape index (κ1) is 14.1. The molecule has 0 heterocycles. The summed E-state index contributed by atoms with van der Waals surface area (Å²) in [4.78, 5) is 22.0. The lowest BCUT2D eigenvalue weighted by Crippen LogP contribution is -2.13. The topological polar surface area (TPSA) is 72.2 Å². The van der Waals surface area contributed by atoms with Crippen LogP contribution in [0, 0.1) is 15.9 Å². The van der Waals surface area contributed by atoms with E-state index >= 15 is 0 Å². The summed E-state index contributed by atoms with van der Waals surface area (Å²) in [5, 5.41) is 13.1. The first-order valence-electron chi connectivity index (χ1n) is 5.49. The molecule has 0 aliphatic carbocycles. The molecule has 0 aliphatic heterocycles. The summed E-state index contributed by atoms with van der Waals surface area (Å²) >= 11 is 3.04. The number of rotatable bonds is 3. The van der Waals surface area contributed by atoms with Crippen molar-refractivity contribution in [3.8, 4) is 0 Å². The SMILES string of the molecule is O=C(Nc1ccc([N+](=O)[O-])c(Br)c1)c1ccccc1F. The second kappa shape index (κ2) is 5.79. The highest BCUT2D eigenvalue weighted by molar-refractivity contribution is 9.10. The Labute approximate surface area is 121 Å². The van der Waals surface area contributed by atoms with Crippen LogP contribution in [0.3, 0.4) is 0 Å². The smallest absolute Gasteiger partial charge is 0.283 e. The minimum Gasteiger partial charge on any atom is -0.322 e. The Bertz CT molecular complexity index is 691. The van der Waals surface area contributed by atoms with Crippen molar-refractivity contribution in [1.29, 1.82) is 0 Å². The third kappa shape index (κ3) is 3.00.